The molecule has 8 nitrogen and oxygen atoms in total. The van der Waals surface area contributed by atoms with Gasteiger partial charge in [0.25, 0.3) is 0 Å². The molecule has 0 saturated carbocycles. The van der Waals surface area contributed by atoms with Crippen LogP contribution in [0.5, 0.6) is 0 Å². The number of aliphatic hydroxyl groups excluding tert-OH is 1. The minimum Gasteiger partial charge on any atom is -0.480 e. The lowest BCUT2D eigenvalue weighted by atomic mass is 9.88. The van der Waals surface area contributed by atoms with Crippen LogP contribution >= 0.6 is 0 Å². The number of carbonyl (C=O) groups is 3. The number of nitrogens with one attached hydrogen (secondary N) is 1. The maximum atomic E-state index is 12.7. The van der Waals surface area contributed by atoms with Gasteiger partial charge in [-0.25, -0.2) is 9.59 Å². The van der Waals surface area contributed by atoms with Gasteiger partial charge in [-0.15, -0.1) is 0 Å². The SMILES string of the molecule is CC(C)(CNC(=O)OCC1c2ccccc2-c2ccccc21)CC(=O)N1C[C@@H](O)C[C@H]1C(=O)O. The van der Waals surface area contributed by atoms with E-state index in [0.29, 0.717) is 0 Å². The van der Waals surface area contributed by atoms with Crippen molar-refractivity contribution in [3.63, 3.8) is 0 Å². The molecule has 3 N–H and O–H groups in total. The van der Waals surface area contributed by atoms with Crippen LogP contribution < -0.4 is 5.32 Å². The molecule has 0 spiro atoms. The topological polar surface area (TPSA) is 116 Å². The number of rotatable bonds is 7. The van der Waals surface area contributed by atoms with Gasteiger partial charge in [0.2, 0.25) is 5.91 Å². The number of carboxylic acids is 1. The van der Waals surface area contributed by atoms with Gasteiger partial charge < -0.3 is 25.2 Å². The average Bonchev–Trinajstić information content (AvgIpc) is 3.35. The highest BCUT2D eigenvalue weighted by molar-refractivity contribution is 5.85. The van der Waals surface area contributed by atoms with Gasteiger partial charge in [-0.2, -0.15) is 0 Å². The number of nitrogens with zero attached hydrogens (tertiary/aromatic N) is 1. The lowest BCUT2D eigenvalue weighted by Crippen LogP contribution is -2.44. The summed E-state index contributed by atoms with van der Waals surface area (Å²) in [4.78, 5) is 37.8. The van der Waals surface area contributed by atoms with Gasteiger partial charge in [0.1, 0.15) is 12.6 Å². The van der Waals surface area contributed by atoms with Crippen molar-refractivity contribution in [2.24, 2.45) is 5.41 Å². The summed E-state index contributed by atoms with van der Waals surface area (Å²) in [6, 6.07) is 15.2. The smallest absolute Gasteiger partial charge is 0.407 e. The molecule has 4 rings (SSSR count). The number of hydrogen-bond donors (Lipinski definition) is 3. The molecule has 1 aliphatic carbocycles. The van der Waals surface area contributed by atoms with E-state index in [4.69, 9.17) is 4.74 Å². The van der Waals surface area contributed by atoms with Gasteiger partial charge in [-0.05, 0) is 27.7 Å². The summed E-state index contributed by atoms with van der Waals surface area (Å²) < 4.78 is 5.55. The summed E-state index contributed by atoms with van der Waals surface area (Å²) in [5.74, 6) is -1.52. The molecule has 0 bridgehead atoms. The molecular weight excluding hydrogens is 436 g/mol. The summed E-state index contributed by atoms with van der Waals surface area (Å²) >= 11 is 0. The number of carboxylic acid groups (broad SMARTS) is 1. The first-order chi connectivity index (χ1) is 16.2. The fourth-order valence-electron chi connectivity index (χ4n) is 4.86. The van der Waals surface area contributed by atoms with Crippen molar-refractivity contribution in [1.29, 1.82) is 0 Å². The van der Waals surface area contributed by atoms with Crippen LogP contribution in [0.2, 0.25) is 0 Å². The van der Waals surface area contributed by atoms with Crippen LogP contribution in [-0.2, 0) is 14.3 Å². The summed E-state index contributed by atoms with van der Waals surface area (Å²) in [5.41, 5.74) is 3.93. The highest BCUT2D eigenvalue weighted by atomic mass is 16.5. The number of fused-ring (bicyclic) bond motifs is 3. The Bertz CT molecular complexity index is 1050. The van der Waals surface area contributed by atoms with E-state index >= 15 is 0 Å². The standard InChI is InChI=1S/C26H30N2O6/c1-26(2,12-23(30)28-13-16(29)11-22(28)24(31)32)15-27-25(33)34-14-21-19-9-5-3-7-17(19)18-8-4-6-10-20(18)21/h3-10,16,21-22,29H,11-15H2,1-2H3,(H,27,33)(H,31,32)/t16-,22-/m0/s1. The van der Waals surface area contributed by atoms with Gasteiger partial charge in [0.05, 0.1) is 6.10 Å². The third-order valence-corrected chi connectivity index (χ3v) is 6.57. The van der Waals surface area contributed by atoms with Crippen molar-refractivity contribution in [2.75, 3.05) is 19.7 Å². The molecule has 8 heteroatoms. The van der Waals surface area contributed by atoms with Gasteiger partial charge in [-0.3, -0.25) is 4.79 Å². The molecule has 1 fully saturated rings. The Hall–Kier alpha value is -3.39. The highest BCUT2D eigenvalue weighted by Gasteiger charge is 2.40. The second-order valence-corrected chi connectivity index (χ2v) is 9.81. The lowest BCUT2D eigenvalue weighted by Gasteiger charge is -2.28. The van der Waals surface area contributed by atoms with Gasteiger partial charge in [-0.1, -0.05) is 62.4 Å². The zero-order valence-electron chi connectivity index (χ0n) is 19.4. The van der Waals surface area contributed by atoms with Crippen LogP contribution in [0.1, 0.15) is 43.7 Å². The lowest BCUT2D eigenvalue weighted by molar-refractivity contribution is -0.149. The normalized spacial score (nSPS) is 19.4. The van der Waals surface area contributed by atoms with E-state index in [1.54, 1.807) is 0 Å². The molecule has 2 aromatic rings. The van der Waals surface area contributed by atoms with Crippen molar-refractivity contribution < 1.29 is 29.3 Å². The molecule has 34 heavy (non-hydrogen) atoms. The van der Waals surface area contributed by atoms with E-state index in [1.165, 1.54) is 4.90 Å². The molecule has 0 radical (unpaired) electrons. The molecular formula is C26H30N2O6. The van der Waals surface area contributed by atoms with Crippen LogP contribution in [-0.4, -0.2) is 64.9 Å². The van der Waals surface area contributed by atoms with Crippen molar-refractivity contribution in [1.82, 2.24) is 10.2 Å². The number of carbonyl (C=O) groups excluding carboxylic acids is 2. The number of β-amino-alcohol motifs (C(OH)–C–C–N with tert-alkyl or cyclic N) is 1. The zero-order valence-corrected chi connectivity index (χ0v) is 19.4. The first-order valence-electron chi connectivity index (χ1n) is 11.5. The van der Waals surface area contributed by atoms with Crippen molar-refractivity contribution in [2.45, 2.75) is 44.8 Å². The number of likely N-dealkylation sites (tertiary alicyclic amines) is 1. The Kier molecular flexibility index (Phi) is 6.61. The minimum absolute atomic E-state index is 0.00564. The number of hydrogen-bond acceptors (Lipinski definition) is 5. The maximum absolute atomic E-state index is 12.7. The van der Waals surface area contributed by atoms with Gasteiger partial charge in [0, 0.05) is 31.8 Å². The van der Waals surface area contributed by atoms with Gasteiger partial charge >= 0.3 is 12.1 Å². The Morgan fingerprint density at radius 2 is 1.65 bits per heavy atom. The molecule has 2 aromatic carbocycles. The molecule has 0 unspecified atom stereocenters. The molecule has 2 amide bonds. The number of ether oxygens (including phenoxy) is 1. The third-order valence-electron chi connectivity index (χ3n) is 6.57. The summed E-state index contributed by atoms with van der Waals surface area (Å²) in [6.45, 7) is 4.02. The van der Waals surface area contributed by atoms with Crippen LogP contribution in [0.15, 0.2) is 48.5 Å². The van der Waals surface area contributed by atoms with E-state index in [-0.39, 0.29) is 44.4 Å². The monoisotopic (exact) mass is 466 g/mol. The molecule has 2 atom stereocenters. The summed E-state index contributed by atoms with van der Waals surface area (Å²) in [5, 5.41) is 21.8. The van der Waals surface area contributed by atoms with E-state index in [1.807, 2.05) is 38.1 Å². The fraction of sp³-hybridized carbons (Fsp3) is 0.423. The predicted molar refractivity (Wildman–Crippen MR) is 125 cm³/mol. The molecule has 180 valence electrons. The quantitative estimate of drug-likeness (QED) is 0.578. The van der Waals surface area contributed by atoms with Crippen LogP contribution in [0.4, 0.5) is 4.79 Å². The van der Waals surface area contributed by atoms with Gasteiger partial charge in [0.15, 0.2) is 0 Å². The van der Waals surface area contributed by atoms with Crippen molar-refractivity contribution in [3.05, 3.63) is 59.7 Å². The number of aliphatic carboxylic acids is 1. The van der Waals surface area contributed by atoms with E-state index in [9.17, 15) is 24.6 Å². The zero-order chi connectivity index (χ0) is 24.5. The molecule has 2 aliphatic rings. The number of aliphatic hydroxyl groups is 1. The van der Waals surface area contributed by atoms with E-state index in [0.717, 1.165) is 22.3 Å². The maximum Gasteiger partial charge on any atom is 0.407 e. The third kappa shape index (κ3) is 4.92. The second kappa shape index (κ2) is 9.46. The molecule has 1 heterocycles. The molecule has 1 aliphatic heterocycles. The number of amides is 2. The largest absolute Gasteiger partial charge is 0.480 e. The highest BCUT2D eigenvalue weighted by Crippen LogP contribution is 2.44. The molecule has 1 saturated heterocycles. The predicted octanol–water partition coefficient (Wildman–Crippen LogP) is 2.99. The summed E-state index contributed by atoms with van der Waals surface area (Å²) in [6.07, 6.45) is -1.35. The van der Waals surface area contributed by atoms with Crippen LogP contribution in [0.3, 0.4) is 0 Å². The van der Waals surface area contributed by atoms with Crippen LogP contribution in [0, 0.1) is 5.41 Å². The van der Waals surface area contributed by atoms with Crippen molar-refractivity contribution in [3.8, 4) is 11.1 Å². The summed E-state index contributed by atoms with van der Waals surface area (Å²) in [7, 11) is 0. The Morgan fingerprint density at radius 3 is 2.24 bits per heavy atom. The Balaban J connectivity index is 1.31. The number of benzene rings is 2. The fourth-order valence-corrected chi connectivity index (χ4v) is 4.86. The molecule has 0 aromatic heterocycles. The van der Waals surface area contributed by atoms with E-state index in [2.05, 4.69) is 29.6 Å². The first-order valence-corrected chi connectivity index (χ1v) is 11.5. The average molecular weight is 467 g/mol. The number of alkyl carbamates (subject to hydrolysis) is 1. The van der Waals surface area contributed by atoms with E-state index < -0.39 is 29.6 Å². The van der Waals surface area contributed by atoms with Crippen molar-refractivity contribution >= 4 is 18.0 Å². The Labute approximate surface area is 198 Å². The van der Waals surface area contributed by atoms with Crippen LogP contribution in [0.25, 0.3) is 11.1 Å². The first kappa shape index (κ1) is 23.8. The minimum atomic E-state index is -1.13. The second-order valence-electron chi connectivity index (χ2n) is 9.81. The Morgan fingerprint density at radius 1 is 1.06 bits per heavy atom.